The van der Waals surface area contributed by atoms with Crippen molar-refractivity contribution in [3.63, 3.8) is 0 Å². The van der Waals surface area contributed by atoms with Gasteiger partial charge in [-0.2, -0.15) is 8.42 Å². The van der Waals surface area contributed by atoms with Crippen molar-refractivity contribution in [2.24, 2.45) is 4.40 Å². The second-order valence-corrected chi connectivity index (χ2v) is 8.06. The summed E-state index contributed by atoms with van der Waals surface area (Å²) >= 11 is 0. The molecule has 0 saturated carbocycles. The number of sulfonamides is 1. The Morgan fingerprint density at radius 1 is 1.30 bits per heavy atom. The van der Waals surface area contributed by atoms with E-state index in [9.17, 15) is 13.2 Å². The number of amidine groups is 1. The second kappa shape index (κ2) is 8.81. The molecule has 1 N–H and O–H groups in total. The fourth-order valence-corrected chi connectivity index (χ4v) is 4.55. The summed E-state index contributed by atoms with van der Waals surface area (Å²) in [6, 6.07) is 6.35. The Hall–Kier alpha value is -1.97. The van der Waals surface area contributed by atoms with Crippen LogP contribution in [0, 0.1) is 0 Å². The minimum absolute atomic E-state index is 0.103. The van der Waals surface area contributed by atoms with E-state index in [-0.39, 0.29) is 10.8 Å². The maximum absolute atomic E-state index is 12.6. The third-order valence-corrected chi connectivity index (χ3v) is 5.96. The van der Waals surface area contributed by atoms with Gasteiger partial charge in [0.25, 0.3) is 10.0 Å². The van der Waals surface area contributed by atoms with Gasteiger partial charge in [0, 0.05) is 32.4 Å². The van der Waals surface area contributed by atoms with Crippen LogP contribution in [-0.4, -0.2) is 71.1 Å². The first-order valence-electron chi connectivity index (χ1n) is 9.10. The summed E-state index contributed by atoms with van der Waals surface area (Å²) < 4.78 is 38.8. The Morgan fingerprint density at radius 2 is 2.11 bits per heavy atom. The number of likely N-dealkylation sites (tertiary alicyclic amines) is 1. The molecule has 0 unspecified atom stereocenters. The number of carbonyl (C=O) groups excluding carboxylic acids is 1. The van der Waals surface area contributed by atoms with Gasteiger partial charge in [0.2, 0.25) is 5.91 Å². The van der Waals surface area contributed by atoms with Crippen LogP contribution < -0.4 is 5.32 Å². The van der Waals surface area contributed by atoms with Crippen molar-refractivity contribution in [1.29, 1.82) is 0 Å². The van der Waals surface area contributed by atoms with E-state index >= 15 is 0 Å². The molecule has 1 amide bonds. The van der Waals surface area contributed by atoms with Crippen LogP contribution in [0.3, 0.4) is 0 Å². The molecule has 148 valence electrons. The standard InChI is InChI=1S/C18H25N3O5S/c1-25-12-13-26-11-5-9-19-18(22)15-7-4-10-21(15)17-14-6-2-3-8-16(14)27(23,24)20-17/h2-3,6,8,15H,4-5,7,9-13H2,1H3,(H,19,22)/t15-/m0/s1. The summed E-state index contributed by atoms with van der Waals surface area (Å²) in [6.07, 6.45) is 2.21. The van der Waals surface area contributed by atoms with E-state index in [0.717, 1.165) is 6.42 Å². The molecular formula is C18H25N3O5S. The van der Waals surface area contributed by atoms with E-state index in [0.29, 0.717) is 57.2 Å². The Balaban J connectivity index is 1.59. The number of ether oxygens (including phenoxy) is 2. The molecule has 0 radical (unpaired) electrons. The molecule has 1 saturated heterocycles. The zero-order valence-corrected chi connectivity index (χ0v) is 16.2. The summed E-state index contributed by atoms with van der Waals surface area (Å²) in [7, 11) is -2.07. The molecule has 1 aromatic rings. The zero-order valence-electron chi connectivity index (χ0n) is 15.4. The third kappa shape index (κ3) is 4.48. The number of methoxy groups -OCH3 is 1. The van der Waals surface area contributed by atoms with E-state index < -0.39 is 16.1 Å². The van der Waals surface area contributed by atoms with E-state index in [1.54, 1.807) is 31.4 Å². The van der Waals surface area contributed by atoms with Gasteiger partial charge in [-0.25, -0.2) is 0 Å². The molecule has 2 aliphatic rings. The van der Waals surface area contributed by atoms with Gasteiger partial charge in [-0.15, -0.1) is 4.40 Å². The first-order chi connectivity index (χ1) is 13.0. The van der Waals surface area contributed by atoms with Gasteiger partial charge < -0.3 is 19.7 Å². The van der Waals surface area contributed by atoms with Crippen molar-refractivity contribution >= 4 is 21.8 Å². The lowest BCUT2D eigenvalue weighted by Crippen LogP contribution is -2.46. The summed E-state index contributed by atoms with van der Waals surface area (Å²) in [6.45, 7) is 2.76. The predicted molar refractivity (Wildman–Crippen MR) is 100 cm³/mol. The fraction of sp³-hybridized carbons (Fsp3) is 0.556. The number of rotatable bonds is 8. The molecule has 0 aliphatic carbocycles. The fourth-order valence-electron chi connectivity index (χ4n) is 3.34. The molecule has 2 heterocycles. The van der Waals surface area contributed by atoms with Crippen LogP contribution in [0.15, 0.2) is 33.6 Å². The molecule has 0 spiro atoms. The molecule has 0 aromatic heterocycles. The SMILES string of the molecule is COCCOCCCNC(=O)[C@@H]1CCCN1C1=NS(=O)(=O)c2ccccc21. The van der Waals surface area contributed by atoms with Gasteiger partial charge in [-0.3, -0.25) is 4.79 Å². The molecular weight excluding hydrogens is 370 g/mol. The molecule has 27 heavy (non-hydrogen) atoms. The normalized spacial score (nSPS) is 20.4. The van der Waals surface area contributed by atoms with E-state index in [1.807, 2.05) is 4.90 Å². The zero-order chi connectivity index (χ0) is 19.3. The topological polar surface area (TPSA) is 97.3 Å². The van der Waals surface area contributed by atoms with Crippen LogP contribution in [0.5, 0.6) is 0 Å². The lowest BCUT2D eigenvalue weighted by molar-refractivity contribution is -0.124. The highest BCUT2D eigenvalue weighted by Gasteiger charge is 2.38. The van der Waals surface area contributed by atoms with Crippen molar-refractivity contribution in [3.8, 4) is 0 Å². The number of hydrogen-bond donors (Lipinski definition) is 1. The molecule has 3 rings (SSSR count). The molecule has 8 nitrogen and oxygen atoms in total. The van der Waals surface area contributed by atoms with Crippen molar-refractivity contribution in [2.45, 2.75) is 30.2 Å². The first kappa shape index (κ1) is 19.8. The van der Waals surface area contributed by atoms with Crippen LogP contribution in [0.2, 0.25) is 0 Å². The summed E-state index contributed by atoms with van der Waals surface area (Å²) in [4.78, 5) is 14.6. The average molecular weight is 395 g/mol. The molecule has 1 aromatic carbocycles. The van der Waals surface area contributed by atoms with Crippen molar-refractivity contribution in [2.75, 3.05) is 40.0 Å². The van der Waals surface area contributed by atoms with Crippen LogP contribution >= 0.6 is 0 Å². The minimum Gasteiger partial charge on any atom is -0.382 e. The number of nitrogens with one attached hydrogen (secondary N) is 1. The maximum atomic E-state index is 12.6. The van der Waals surface area contributed by atoms with Gasteiger partial charge in [-0.05, 0) is 31.4 Å². The highest BCUT2D eigenvalue weighted by atomic mass is 32.2. The third-order valence-electron chi connectivity index (χ3n) is 4.64. The van der Waals surface area contributed by atoms with Crippen LogP contribution in [0.1, 0.15) is 24.8 Å². The maximum Gasteiger partial charge on any atom is 0.285 e. The molecule has 1 fully saturated rings. The quantitative estimate of drug-likeness (QED) is 0.653. The number of nitrogens with zero attached hydrogens (tertiary/aromatic N) is 2. The second-order valence-electron chi connectivity index (χ2n) is 6.49. The Kier molecular flexibility index (Phi) is 6.46. The molecule has 0 bridgehead atoms. The Labute approximate surface area is 159 Å². The summed E-state index contributed by atoms with van der Waals surface area (Å²) in [5, 5.41) is 2.92. The van der Waals surface area contributed by atoms with Gasteiger partial charge >= 0.3 is 0 Å². The highest BCUT2D eigenvalue weighted by molar-refractivity contribution is 7.90. The number of amides is 1. The van der Waals surface area contributed by atoms with Gasteiger partial charge in [0.05, 0.1) is 13.2 Å². The van der Waals surface area contributed by atoms with Gasteiger partial charge in [0.1, 0.15) is 10.9 Å². The lowest BCUT2D eigenvalue weighted by atomic mass is 10.1. The Morgan fingerprint density at radius 3 is 2.93 bits per heavy atom. The molecule has 9 heteroatoms. The highest BCUT2D eigenvalue weighted by Crippen LogP contribution is 2.31. The predicted octanol–water partition coefficient (Wildman–Crippen LogP) is 0.769. The number of benzene rings is 1. The van der Waals surface area contributed by atoms with Crippen molar-refractivity contribution < 1.29 is 22.7 Å². The smallest absolute Gasteiger partial charge is 0.285 e. The number of hydrogen-bond acceptors (Lipinski definition) is 6. The average Bonchev–Trinajstić information content (AvgIpc) is 3.24. The number of carbonyl (C=O) groups is 1. The minimum atomic E-state index is -3.69. The summed E-state index contributed by atoms with van der Waals surface area (Å²) in [5.41, 5.74) is 0.573. The lowest BCUT2D eigenvalue weighted by Gasteiger charge is -2.25. The van der Waals surface area contributed by atoms with Crippen LogP contribution in [-0.2, 0) is 24.3 Å². The van der Waals surface area contributed by atoms with Gasteiger partial charge in [0.15, 0.2) is 5.84 Å². The largest absolute Gasteiger partial charge is 0.382 e. The van der Waals surface area contributed by atoms with E-state index in [2.05, 4.69) is 9.71 Å². The molecule has 1 atom stereocenters. The number of fused-ring (bicyclic) bond motifs is 1. The van der Waals surface area contributed by atoms with Crippen LogP contribution in [0.25, 0.3) is 0 Å². The van der Waals surface area contributed by atoms with Crippen molar-refractivity contribution in [3.05, 3.63) is 29.8 Å². The first-order valence-corrected chi connectivity index (χ1v) is 10.5. The van der Waals surface area contributed by atoms with Crippen LogP contribution in [0.4, 0.5) is 0 Å². The van der Waals surface area contributed by atoms with Crippen molar-refractivity contribution in [1.82, 2.24) is 10.2 Å². The Bertz CT molecular complexity index is 809. The molecule has 2 aliphatic heterocycles. The van der Waals surface area contributed by atoms with Gasteiger partial charge in [-0.1, -0.05) is 12.1 Å². The summed E-state index contributed by atoms with van der Waals surface area (Å²) in [5.74, 6) is 0.278. The van der Waals surface area contributed by atoms with E-state index in [1.165, 1.54) is 0 Å². The monoisotopic (exact) mass is 395 g/mol. The van der Waals surface area contributed by atoms with E-state index in [4.69, 9.17) is 9.47 Å².